The lowest BCUT2D eigenvalue weighted by Crippen LogP contribution is -2.50. The quantitative estimate of drug-likeness (QED) is 0.642. The molecule has 2 aliphatic rings. The molecule has 3 heterocycles. The lowest BCUT2D eigenvalue weighted by atomic mass is 9.91. The third kappa shape index (κ3) is 3.63. The van der Waals surface area contributed by atoms with Crippen LogP contribution in [0.5, 0.6) is 0 Å². The summed E-state index contributed by atoms with van der Waals surface area (Å²) in [5.74, 6) is 0. The highest BCUT2D eigenvalue weighted by Gasteiger charge is 2.30. The fourth-order valence-electron chi connectivity index (χ4n) is 4.61. The normalized spacial score (nSPS) is 20.8. The third-order valence-electron chi connectivity index (χ3n) is 6.36. The first kappa shape index (κ1) is 19.2. The maximum Gasteiger partial charge on any atom is 0.262 e. The number of piperazine rings is 1. The summed E-state index contributed by atoms with van der Waals surface area (Å²) in [7, 11) is 2.20. The summed E-state index contributed by atoms with van der Waals surface area (Å²) in [6, 6.07) is 8.27. The predicted molar refractivity (Wildman–Crippen MR) is 119 cm³/mol. The maximum atomic E-state index is 13.3. The Balaban J connectivity index is 1.44. The smallest absolute Gasteiger partial charge is 0.262 e. The van der Waals surface area contributed by atoms with E-state index < -0.39 is 0 Å². The number of aromatic nitrogens is 2. The Morgan fingerprint density at radius 2 is 2.00 bits per heavy atom. The molecule has 1 saturated heterocycles. The van der Waals surface area contributed by atoms with E-state index in [9.17, 15) is 4.79 Å². The monoisotopic (exact) mass is 428 g/mol. The van der Waals surface area contributed by atoms with Gasteiger partial charge in [-0.05, 0) is 43.5 Å². The van der Waals surface area contributed by atoms with Crippen molar-refractivity contribution in [1.29, 1.82) is 0 Å². The molecule has 1 atom stereocenters. The van der Waals surface area contributed by atoms with Gasteiger partial charge >= 0.3 is 0 Å². The molecule has 3 aromatic rings. The lowest BCUT2D eigenvalue weighted by molar-refractivity contribution is 0.104. The molecule has 5 nitrogen and oxygen atoms in total. The Labute approximate surface area is 179 Å². The van der Waals surface area contributed by atoms with Crippen LogP contribution in [0.25, 0.3) is 10.2 Å². The van der Waals surface area contributed by atoms with Crippen LogP contribution in [-0.4, -0.2) is 58.6 Å². The second-order valence-electron chi connectivity index (χ2n) is 8.19. The summed E-state index contributed by atoms with van der Waals surface area (Å²) in [5.41, 5.74) is 2.24. The van der Waals surface area contributed by atoms with Crippen LogP contribution in [0.3, 0.4) is 0 Å². The standard InChI is InChI=1S/C22H25ClN4OS/c1-25-8-10-26(11-9-25)16-6-7-17-19(12-16)29-21-20(17)22(28)27(14-24-21)13-15-4-2-3-5-18(15)23/h2-5,14,16H,6-13H2,1H3. The minimum absolute atomic E-state index is 0.0606. The van der Waals surface area contributed by atoms with E-state index in [1.165, 1.54) is 10.4 Å². The van der Waals surface area contributed by atoms with Crippen molar-refractivity contribution in [2.75, 3.05) is 33.2 Å². The number of fused-ring (bicyclic) bond motifs is 3. The zero-order valence-electron chi connectivity index (χ0n) is 16.6. The highest BCUT2D eigenvalue weighted by Crippen LogP contribution is 2.35. The van der Waals surface area contributed by atoms with Gasteiger partial charge in [0.2, 0.25) is 0 Å². The Bertz CT molecular complexity index is 1100. The number of hydrogen-bond donors (Lipinski definition) is 0. The van der Waals surface area contributed by atoms with Gasteiger partial charge < -0.3 is 4.90 Å². The summed E-state index contributed by atoms with van der Waals surface area (Å²) in [4.78, 5) is 25.2. The molecule has 1 aliphatic heterocycles. The number of rotatable bonds is 3. The van der Waals surface area contributed by atoms with Crippen LogP contribution >= 0.6 is 22.9 Å². The number of likely N-dealkylation sites (N-methyl/N-ethyl adjacent to an activating group) is 1. The summed E-state index contributed by atoms with van der Waals surface area (Å²) < 4.78 is 1.70. The van der Waals surface area contributed by atoms with Crippen LogP contribution in [0, 0.1) is 0 Å². The first-order valence-electron chi connectivity index (χ1n) is 10.3. The molecule has 2 aromatic heterocycles. The highest BCUT2D eigenvalue weighted by molar-refractivity contribution is 7.18. The Morgan fingerprint density at radius 3 is 2.79 bits per heavy atom. The Kier molecular flexibility index (Phi) is 5.20. The molecular weight excluding hydrogens is 404 g/mol. The van der Waals surface area contributed by atoms with Crippen molar-refractivity contribution >= 4 is 33.2 Å². The van der Waals surface area contributed by atoms with Crippen LogP contribution in [0.1, 0.15) is 22.4 Å². The van der Waals surface area contributed by atoms with Crippen molar-refractivity contribution in [2.45, 2.75) is 31.8 Å². The molecule has 1 aliphatic carbocycles. The number of hydrogen-bond acceptors (Lipinski definition) is 5. The van der Waals surface area contributed by atoms with Gasteiger partial charge in [-0.15, -0.1) is 11.3 Å². The number of aryl methyl sites for hydroxylation is 1. The van der Waals surface area contributed by atoms with Gasteiger partial charge in [0.1, 0.15) is 4.83 Å². The second-order valence-corrected chi connectivity index (χ2v) is 9.68. The molecule has 5 rings (SSSR count). The van der Waals surface area contributed by atoms with Gasteiger partial charge in [0.05, 0.1) is 18.3 Å². The van der Waals surface area contributed by atoms with Crippen molar-refractivity contribution in [1.82, 2.24) is 19.4 Å². The Hall–Kier alpha value is -1.73. The van der Waals surface area contributed by atoms with Gasteiger partial charge in [-0.3, -0.25) is 14.3 Å². The molecule has 29 heavy (non-hydrogen) atoms. The van der Waals surface area contributed by atoms with E-state index in [0.29, 0.717) is 17.6 Å². The van der Waals surface area contributed by atoms with Gasteiger partial charge in [-0.2, -0.15) is 0 Å². The average molecular weight is 429 g/mol. The van der Waals surface area contributed by atoms with Crippen molar-refractivity contribution in [3.05, 3.63) is 62.0 Å². The molecule has 1 fully saturated rings. The van der Waals surface area contributed by atoms with E-state index in [4.69, 9.17) is 11.6 Å². The lowest BCUT2D eigenvalue weighted by Gasteiger charge is -2.39. The highest BCUT2D eigenvalue weighted by atomic mass is 35.5. The van der Waals surface area contributed by atoms with E-state index in [2.05, 4.69) is 21.8 Å². The minimum atomic E-state index is 0.0606. The van der Waals surface area contributed by atoms with Gasteiger partial charge in [0, 0.05) is 42.1 Å². The van der Waals surface area contributed by atoms with Gasteiger partial charge in [0.25, 0.3) is 5.56 Å². The number of thiophene rings is 1. The van der Waals surface area contributed by atoms with Crippen LogP contribution in [0.15, 0.2) is 35.4 Å². The first-order chi connectivity index (χ1) is 14.1. The van der Waals surface area contributed by atoms with Crippen LogP contribution in [0.4, 0.5) is 0 Å². The van der Waals surface area contributed by atoms with E-state index in [0.717, 1.165) is 61.2 Å². The molecule has 0 radical (unpaired) electrons. The SMILES string of the molecule is CN1CCN(C2CCc3c(sc4ncn(Cc5ccccc5Cl)c(=O)c34)C2)CC1. The van der Waals surface area contributed by atoms with E-state index in [1.807, 2.05) is 24.3 Å². The van der Waals surface area contributed by atoms with E-state index >= 15 is 0 Å². The van der Waals surface area contributed by atoms with Crippen LogP contribution in [0.2, 0.25) is 5.02 Å². The van der Waals surface area contributed by atoms with E-state index in [-0.39, 0.29) is 5.56 Å². The molecule has 0 bridgehead atoms. The minimum Gasteiger partial charge on any atom is -0.304 e. The third-order valence-corrected chi connectivity index (χ3v) is 7.89. The number of nitrogens with zero attached hydrogens (tertiary/aromatic N) is 4. The molecule has 0 amide bonds. The van der Waals surface area contributed by atoms with Crippen LogP contribution in [-0.2, 0) is 19.4 Å². The molecule has 0 saturated carbocycles. The molecule has 1 unspecified atom stereocenters. The molecule has 0 N–H and O–H groups in total. The van der Waals surface area contributed by atoms with Crippen molar-refractivity contribution in [2.24, 2.45) is 0 Å². The van der Waals surface area contributed by atoms with Crippen molar-refractivity contribution in [3.63, 3.8) is 0 Å². The molecule has 0 spiro atoms. The Morgan fingerprint density at radius 1 is 1.21 bits per heavy atom. The largest absolute Gasteiger partial charge is 0.304 e. The average Bonchev–Trinajstić information content (AvgIpc) is 3.10. The first-order valence-corrected chi connectivity index (χ1v) is 11.5. The van der Waals surface area contributed by atoms with Gasteiger partial charge in [-0.1, -0.05) is 29.8 Å². The van der Waals surface area contributed by atoms with Crippen molar-refractivity contribution < 1.29 is 0 Å². The summed E-state index contributed by atoms with van der Waals surface area (Å²) in [6.45, 7) is 5.03. The molecule has 1 aromatic carbocycles. The zero-order chi connectivity index (χ0) is 20.0. The predicted octanol–water partition coefficient (Wildman–Crippen LogP) is 3.26. The van der Waals surface area contributed by atoms with E-state index in [1.54, 1.807) is 22.2 Å². The fourth-order valence-corrected chi connectivity index (χ4v) is 6.05. The second kappa shape index (κ2) is 7.84. The molecule has 152 valence electrons. The molecular formula is C22H25ClN4OS. The van der Waals surface area contributed by atoms with Gasteiger partial charge in [-0.25, -0.2) is 4.98 Å². The summed E-state index contributed by atoms with van der Waals surface area (Å²) in [5, 5.41) is 1.51. The maximum absolute atomic E-state index is 13.3. The van der Waals surface area contributed by atoms with Gasteiger partial charge in [0.15, 0.2) is 0 Å². The zero-order valence-corrected chi connectivity index (χ0v) is 18.2. The molecule has 7 heteroatoms. The number of benzene rings is 1. The van der Waals surface area contributed by atoms with Crippen molar-refractivity contribution in [3.8, 4) is 0 Å². The number of halogens is 1. The fraction of sp³-hybridized carbons (Fsp3) is 0.455. The summed E-state index contributed by atoms with van der Waals surface area (Å²) in [6.07, 6.45) is 4.82. The summed E-state index contributed by atoms with van der Waals surface area (Å²) >= 11 is 8.01. The van der Waals surface area contributed by atoms with Crippen LogP contribution < -0.4 is 5.56 Å². The topological polar surface area (TPSA) is 41.4 Å².